The summed E-state index contributed by atoms with van der Waals surface area (Å²) in [6.45, 7) is 0.416. The molecule has 20 heavy (non-hydrogen) atoms. The first-order valence-corrected chi connectivity index (χ1v) is 7.45. The lowest BCUT2D eigenvalue weighted by atomic mass is 9.79. The molecule has 0 unspecified atom stereocenters. The number of anilines is 1. The quantitative estimate of drug-likeness (QED) is 0.834. The minimum Gasteiger partial charge on any atom is -0.326 e. The standard InChI is InChI=1S/C14H18Cl2N2O2/c15-12-6-5-10(7-13(12)16)18-14(19)11-4-2-1-3-9(11)8-20-17/h5-7,9,11H,1-4,8,17H2,(H,18,19)/t9-,11-/m0/s1. The molecular weight excluding hydrogens is 299 g/mol. The molecule has 1 aliphatic rings. The first kappa shape index (κ1) is 15.6. The Morgan fingerprint density at radius 2 is 2.05 bits per heavy atom. The van der Waals surface area contributed by atoms with Gasteiger partial charge >= 0.3 is 0 Å². The molecule has 0 radical (unpaired) electrons. The van der Waals surface area contributed by atoms with Gasteiger partial charge in [0, 0.05) is 11.6 Å². The van der Waals surface area contributed by atoms with Crippen molar-refractivity contribution in [3.05, 3.63) is 28.2 Å². The zero-order valence-electron chi connectivity index (χ0n) is 11.1. The molecule has 3 N–H and O–H groups in total. The van der Waals surface area contributed by atoms with Crippen molar-refractivity contribution >= 4 is 34.8 Å². The van der Waals surface area contributed by atoms with Crippen LogP contribution < -0.4 is 11.2 Å². The molecule has 0 saturated heterocycles. The number of halogens is 2. The first-order chi connectivity index (χ1) is 9.61. The SMILES string of the molecule is NOC[C@@H]1CCCC[C@@H]1C(=O)Nc1ccc(Cl)c(Cl)c1. The van der Waals surface area contributed by atoms with Gasteiger partial charge in [0.1, 0.15) is 0 Å². The van der Waals surface area contributed by atoms with E-state index in [0.29, 0.717) is 22.3 Å². The van der Waals surface area contributed by atoms with E-state index in [9.17, 15) is 4.79 Å². The van der Waals surface area contributed by atoms with Gasteiger partial charge in [0.2, 0.25) is 5.91 Å². The van der Waals surface area contributed by atoms with Gasteiger partial charge in [-0.3, -0.25) is 4.79 Å². The Labute approximate surface area is 128 Å². The van der Waals surface area contributed by atoms with Crippen molar-refractivity contribution in [3.8, 4) is 0 Å². The zero-order valence-corrected chi connectivity index (χ0v) is 12.6. The lowest BCUT2D eigenvalue weighted by molar-refractivity contribution is -0.123. The van der Waals surface area contributed by atoms with Gasteiger partial charge in [-0.25, -0.2) is 5.90 Å². The Balaban J connectivity index is 2.03. The molecule has 2 rings (SSSR count). The van der Waals surface area contributed by atoms with E-state index in [0.717, 1.165) is 25.7 Å². The van der Waals surface area contributed by atoms with Crippen molar-refractivity contribution in [1.82, 2.24) is 0 Å². The number of hydrogen-bond acceptors (Lipinski definition) is 3. The number of carbonyl (C=O) groups is 1. The van der Waals surface area contributed by atoms with E-state index in [1.54, 1.807) is 18.2 Å². The zero-order chi connectivity index (χ0) is 14.5. The summed E-state index contributed by atoms with van der Waals surface area (Å²) in [7, 11) is 0. The molecule has 0 bridgehead atoms. The van der Waals surface area contributed by atoms with Gasteiger partial charge in [-0.05, 0) is 37.0 Å². The van der Waals surface area contributed by atoms with Gasteiger partial charge < -0.3 is 10.2 Å². The van der Waals surface area contributed by atoms with Crippen molar-refractivity contribution < 1.29 is 9.63 Å². The molecule has 4 nitrogen and oxygen atoms in total. The highest BCUT2D eigenvalue weighted by Crippen LogP contribution is 2.32. The lowest BCUT2D eigenvalue weighted by Gasteiger charge is -2.29. The van der Waals surface area contributed by atoms with Crippen LogP contribution in [0.3, 0.4) is 0 Å². The third kappa shape index (κ3) is 3.85. The summed E-state index contributed by atoms with van der Waals surface area (Å²) in [5, 5.41) is 3.78. The van der Waals surface area contributed by atoms with Crippen LogP contribution in [0.25, 0.3) is 0 Å². The van der Waals surface area contributed by atoms with Gasteiger partial charge in [-0.15, -0.1) is 0 Å². The molecule has 0 spiro atoms. The monoisotopic (exact) mass is 316 g/mol. The van der Waals surface area contributed by atoms with Gasteiger partial charge in [0.25, 0.3) is 0 Å². The fraction of sp³-hybridized carbons (Fsp3) is 0.500. The van der Waals surface area contributed by atoms with Crippen LogP contribution in [0.5, 0.6) is 0 Å². The summed E-state index contributed by atoms with van der Waals surface area (Å²) in [5.74, 6) is 5.25. The van der Waals surface area contributed by atoms with Crippen LogP contribution in [-0.4, -0.2) is 12.5 Å². The molecule has 0 aliphatic heterocycles. The van der Waals surface area contributed by atoms with Crippen LogP contribution in [0.2, 0.25) is 10.0 Å². The van der Waals surface area contributed by atoms with Crippen molar-refractivity contribution in [1.29, 1.82) is 0 Å². The molecule has 1 aromatic carbocycles. The Morgan fingerprint density at radius 1 is 1.30 bits per heavy atom. The molecule has 1 aliphatic carbocycles. The largest absolute Gasteiger partial charge is 0.326 e. The third-order valence-corrected chi connectivity index (χ3v) is 4.48. The Bertz CT molecular complexity index is 480. The summed E-state index contributed by atoms with van der Waals surface area (Å²) >= 11 is 11.8. The fourth-order valence-electron chi connectivity index (χ4n) is 2.68. The average molecular weight is 317 g/mol. The molecule has 110 valence electrons. The van der Waals surface area contributed by atoms with E-state index in [1.807, 2.05) is 0 Å². The van der Waals surface area contributed by atoms with Crippen LogP contribution in [0.1, 0.15) is 25.7 Å². The van der Waals surface area contributed by atoms with E-state index in [4.69, 9.17) is 33.9 Å². The van der Waals surface area contributed by atoms with Crippen molar-refractivity contribution in [2.75, 3.05) is 11.9 Å². The van der Waals surface area contributed by atoms with Crippen molar-refractivity contribution in [3.63, 3.8) is 0 Å². The average Bonchev–Trinajstić information content (AvgIpc) is 2.44. The Kier molecular flexibility index (Phi) is 5.66. The lowest BCUT2D eigenvalue weighted by Crippen LogP contribution is -2.34. The van der Waals surface area contributed by atoms with Crippen LogP contribution >= 0.6 is 23.2 Å². The minimum absolute atomic E-state index is 0.00913. The fourth-order valence-corrected chi connectivity index (χ4v) is 2.98. The van der Waals surface area contributed by atoms with Crippen molar-refractivity contribution in [2.24, 2.45) is 17.7 Å². The number of hydrogen-bond donors (Lipinski definition) is 2. The molecule has 1 saturated carbocycles. The summed E-state index contributed by atoms with van der Waals surface area (Å²) in [4.78, 5) is 17.1. The van der Waals surface area contributed by atoms with E-state index in [1.165, 1.54) is 0 Å². The third-order valence-electron chi connectivity index (χ3n) is 3.74. The van der Waals surface area contributed by atoms with E-state index >= 15 is 0 Å². The number of nitrogens with two attached hydrogens (primary N) is 1. The Hall–Kier alpha value is -0.810. The van der Waals surface area contributed by atoms with Crippen LogP contribution in [0, 0.1) is 11.8 Å². The highest BCUT2D eigenvalue weighted by Gasteiger charge is 2.31. The van der Waals surface area contributed by atoms with Gasteiger partial charge in [-0.2, -0.15) is 0 Å². The molecule has 1 aromatic rings. The van der Waals surface area contributed by atoms with Crippen LogP contribution in [-0.2, 0) is 9.63 Å². The summed E-state index contributed by atoms with van der Waals surface area (Å²) in [5.41, 5.74) is 0.655. The van der Waals surface area contributed by atoms with Crippen LogP contribution in [0.4, 0.5) is 5.69 Å². The molecule has 0 heterocycles. The normalized spacial score (nSPS) is 22.6. The predicted molar refractivity (Wildman–Crippen MR) is 80.7 cm³/mol. The minimum atomic E-state index is -0.0678. The van der Waals surface area contributed by atoms with E-state index in [-0.39, 0.29) is 17.7 Å². The second-order valence-corrected chi connectivity index (χ2v) is 5.92. The van der Waals surface area contributed by atoms with Gasteiger partial charge in [0.05, 0.1) is 16.7 Å². The number of benzene rings is 1. The maximum atomic E-state index is 12.4. The summed E-state index contributed by atoms with van der Waals surface area (Å²) in [6, 6.07) is 5.06. The molecule has 0 aromatic heterocycles. The second-order valence-electron chi connectivity index (χ2n) is 5.10. The maximum absolute atomic E-state index is 12.4. The highest BCUT2D eigenvalue weighted by atomic mass is 35.5. The van der Waals surface area contributed by atoms with Gasteiger partial charge in [-0.1, -0.05) is 36.0 Å². The molecule has 1 amide bonds. The Morgan fingerprint density at radius 3 is 2.75 bits per heavy atom. The summed E-state index contributed by atoms with van der Waals surface area (Å²) in [6.07, 6.45) is 4.00. The van der Waals surface area contributed by atoms with Crippen molar-refractivity contribution in [2.45, 2.75) is 25.7 Å². The predicted octanol–water partition coefficient (Wildman–Crippen LogP) is 3.63. The topological polar surface area (TPSA) is 64.3 Å². The van der Waals surface area contributed by atoms with Gasteiger partial charge in [0.15, 0.2) is 0 Å². The molecule has 2 atom stereocenters. The summed E-state index contributed by atoms with van der Waals surface area (Å²) < 4.78 is 0. The van der Waals surface area contributed by atoms with E-state index < -0.39 is 0 Å². The highest BCUT2D eigenvalue weighted by molar-refractivity contribution is 6.42. The number of carbonyl (C=O) groups excluding carboxylic acids is 1. The number of rotatable bonds is 4. The molecule has 1 fully saturated rings. The number of amides is 1. The smallest absolute Gasteiger partial charge is 0.227 e. The number of nitrogens with one attached hydrogen (secondary N) is 1. The van der Waals surface area contributed by atoms with E-state index in [2.05, 4.69) is 5.32 Å². The molecular formula is C14H18Cl2N2O2. The van der Waals surface area contributed by atoms with Crippen LogP contribution in [0.15, 0.2) is 18.2 Å². The molecule has 6 heteroatoms. The first-order valence-electron chi connectivity index (χ1n) is 6.69. The second kappa shape index (κ2) is 7.27. The maximum Gasteiger partial charge on any atom is 0.227 e.